The molecule has 3 aromatic rings. The number of benzene rings is 2. The maximum Gasteiger partial charge on any atom is 0.269 e. The highest BCUT2D eigenvalue weighted by Gasteiger charge is 2.31. The molecule has 2 heterocycles. The Hall–Kier alpha value is -3.36. The molecule has 0 spiro atoms. The number of hydrogen-bond donors (Lipinski definition) is 4. The van der Waals surface area contributed by atoms with Crippen LogP contribution in [0.4, 0.5) is 0 Å². The Bertz CT molecular complexity index is 1120. The van der Waals surface area contributed by atoms with Gasteiger partial charge in [-0.25, -0.2) is 4.98 Å². The molecule has 1 amide bonds. The van der Waals surface area contributed by atoms with Gasteiger partial charge in [-0.05, 0) is 36.4 Å². The Morgan fingerprint density at radius 3 is 2.52 bits per heavy atom. The molecule has 0 unspecified atom stereocenters. The lowest BCUT2D eigenvalue weighted by Gasteiger charge is -2.19. The molecule has 4 N–H and O–H groups in total. The van der Waals surface area contributed by atoms with Gasteiger partial charge in [-0.3, -0.25) is 20.6 Å². The molecule has 0 bridgehead atoms. The SMILES string of the molecule is N=C1C(c2nc(-c3ccc(Cl)cc3)cs2)=C(O)CN1NC(=O)c1ccc(O)cc1. The van der Waals surface area contributed by atoms with Gasteiger partial charge in [0.05, 0.1) is 17.8 Å². The summed E-state index contributed by atoms with van der Waals surface area (Å²) in [7, 11) is 0. The minimum atomic E-state index is -0.454. The van der Waals surface area contributed by atoms with E-state index in [4.69, 9.17) is 17.0 Å². The summed E-state index contributed by atoms with van der Waals surface area (Å²) in [5.41, 5.74) is 4.77. The number of rotatable bonds is 4. The molecular weight excluding hydrogens is 412 g/mol. The number of carbonyl (C=O) groups excluding carboxylic acids is 1. The van der Waals surface area contributed by atoms with E-state index in [-0.39, 0.29) is 29.5 Å². The summed E-state index contributed by atoms with van der Waals surface area (Å²) < 4.78 is 0. The number of aliphatic hydroxyl groups is 1. The van der Waals surface area contributed by atoms with Crippen molar-refractivity contribution >= 4 is 40.3 Å². The van der Waals surface area contributed by atoms with Crippen LogP contribution in [0.2, 0.25) is 5.02 Å². The van der Waals surface area contributed by atoms with Crippen LogP contribution in [0.15, 0.2) is 59.7 Å². The fraction of sp³-hybridized carbons (Fsp3) is 0.0500. The predicted octanol–water partition coefficient (Wildman–Crippen LogP) is 4.08. The Morgan fingerprint density at radius 2 is 1.83 bits per heavy atom. The van der Waals surface area contributed by atoms with Crippen molar-refractivity contribution in [2.45, 2.75) is 0 Å². The molecule has 1 aliphatic rings. The highest BCUT2D eigenvalue weighted by Crippen LogP contribution is 2.32. The Labute approximate surface area is 175 Å². The third-order valence-electron chi connectivity index (χ3n) is 4.33. The largest absolute Gasteiger partial charge is 0.509 e. The van der Waals surface area contributed by atoms with Gasteiger partial charge in [0.1, 0.15) is 16.5 Å². The Kier molecular flexibility index (Phi) is 4.96. The van der Waals surface area contributed by atoms with E-state index in [0.29, 0.717) is 21.3 Å². The van der Waals surface area contributed by atoms with E-state index in [1.165, 1.54) is 40.6 Å². The van der Waals surface area contributed by atoms with Gasteiger partial charge >= 0.3 is 0 Å². The average Bonchev–Trinajstić information content (AvgIpc) is 3.27. The summed E-state index contributed by atoms with van der Waals surface area (Å²) >= 11 is 7.22. The summed E-state index contributed by atoms with van der Waals surface area (Å²) in [6.45, 7) is -0.0339. The monoisotopic (exact) mass is 426 g/mol. The first-order valence-electron chi connectivity index (χ1n) is 8.53. The van der Waals surface area contributed by atoms with E-state index in [1.54, 1.807) is 12.1 Å². The molecule has 0 atom stereocenters. The van der Waals surface area contributed by atoms with Gasteiger partial charge < -0.3 is 10.2 Å². The quantitative estimate of drug-likeness (QED) is 0.502. The molecular formula is C20H15ClN4O3S. The predicted molar refractivity (Wildman–Crippen MR) is 112 cm³/mol. The molecule has 2 aromatic carbocycles. The van der Waals surface area contributed by atoms with Gasteiger partial charge in [-0.15, -0.1) is 11.3 Å². The lowest BCUT2D eigenvalue weighted by molar-refractivity contribution is 0.0874. The molecule has 0 aliphatic carbocycles. The van der Waals surface area contributed by atoms with Crippen LogP contribution in [-0.4, -0.2) is 38.5 Å². The minimum absolute atomic E-state index is 0.0339. The number of phenols is 1. The van der Waals surface area contributed by atoms with Gasteiger partial charge in [0.2, 0.25) is 0 Å². The molecule has 0 saturated carbocycles. The molecule has 29 heavy (non-hydrogen) atoms. The third-order valence-corrected chi connectivity index (χ3v) is 5.44. The summed E-state index contributed by atoms with van der Waals surface area (Å²) in [5, 5.41) is 32.3. The van der Waals surface area contributed by atoms with Crippen LogP contribution in [0.1, 0.15) is 15.4 Å². The van der Waals surface area contributed by atoms with Crippen molar-refractivity contribution in [2.24, 2.45) is 0 Å². The van der Waals surface area contributed by atoms with Crippen molar-refractivity contribution in [3.63, 3.8) is 0 Å². The number of nitrogens with zero attached hydrogens (tertiary/aromatic N) is 2. The number of aromatic hydroxyl groups is 1. The molecule has 1 aromatic heterocycles. The van der Waals surface area contributed by atoms with E-state index in [0.717, 1.165) is 5.56 Å². The van der Waals surface area contributed by atoms with Gasteiger partial charge in [-0.1, -0.05) is 23.7 Å². The normalized spacial score (nSPS) is 13.8. The minimum Gasteiger partial charge on any atom is -0.509 e. The number of hydrogen-bond acceptors (Lipinski definition) is 6. The van der Waals surface area contributed by atoms with E-state index in [9.17, 15) is 15.0 Å². The standard InChI is InChI=1S/C20H15ClN4O3S/c21-13-5-1-11(2-6-13)15-10-29-20(23-15)17-16(27)9-25(18(17)22)24-19(28)12-3-7-14(26)8-4-12/h1-8,10,22,26-27H,9H2,(H,24,28). The van der Waals surface area contributed by atoms with Crippen LogP contribution in [0, 0.1) is 5.41 Å². The number of carbonyl (C=O) groups is 1. The maximum atomic E-state index is 12.4. The number of halogens is 1. The Morgan fingerprint density at radius 1 is 1.14 bits per heavy atom. The number of amidine groups is 1. The molecule has 9 heteroatoms. The summed E-state index contributed by atoms with van der Waals surface area (Å²) in [5.74, 6) is -0.494. The lowest BCUT2D eigenvalue weighted by atomic mass is 10.2. The van der Waals surface area contributed by atoms with Crippen LogP contribution >= 0.6 is 22.9 Å². The van der Waals surface area contributed by atoms with Crippen molar-refractivity contribution < 1.29 is 15.0 Å². The summed E-state index contributed by atoms with van der Waals surface area (Å²) in [6, 6.07) is 13.0. The van der Waals surface area contributed by atoms with Crippen LogP contribution in [0.5, 0.6) is 5.75 Å². The average molecular weight is 427 g/mol. The molecule has 0 fully saturated rings. The second kappa shape index (κ2) is 7.57. The van der Waals surface area contributed by atoms with Gasteiger partial charge in [0.25, 0.3) is 5.91 Å². The van der Waals surface area contributed by atoms with Crippen molar-refractivity contribution in [1.82, 2.24) is 15.4 Å². The maximum absolute atomic E-state index is 12.4. The van der Waals surface area contributed by atoms with E-state index < -0.39 is 5.91 Å². The highest BCUT2D eigenvalue weighted by atomic mass is 35.5. The molecule has 7 nitrogen and oxygen atoms in total. The molecule has 4 rings (SSSR count). The first kappa shape index (κ1) is 19.0. The fourth-order valence-corrected chi connectivity index (χ4v) is 3.86. The van der Waals surface area contributed by atoms with Crippen LogP contribution in [0.25, 0.3) is 16.8 Å². The van der Waals surface area contributed by atoms with Crippen LogP contribution in [0.3, 0.4) is 0 Å². The summed E-state index contributed by atoms with van der Waals surface area (Å²) in [4.78, 5) is 16.9. The number of aliphatic hydroxyl groups excluding tert-OH is 1. The highest BCUT2D eigenvalue weighted by molar-refractivity contribution is 7.11. The first-order valence-corrected chi connectivity index (χ1v) is 9.78. The number of amides is 1. The van der Waals surface area contributed by atoms with Gasteiger partial charge in [0.15, 0.2) is 5.84 Å². The van der Waals surface area contributed by atoms with Crippen molar-refractivity contribution in [3.05, 3.63) is 75.3 Å². The van der Waals surface area contributed by atoms with Crippen molar-refractivity contribution in [1.29, 1.82) is 5.41 Å². The third kappa shape index (κ3) is 3.80. The molecule has 0 radical (unpaired) electrons. The summed E-state index contributed by atoms with van der Waals surface area (Å²) in [6.07, 6.45) is 0. The zero-order chi connectivity index (χ0) is 20.5. The van der Waals surface area contributed by atoms with Crippen molar-refractivity contribution in [2.75, 3.05) is 6.54 Å². The smallest absolute Gasteiger partial charge is 0.269 e. The number of hydrazine groups is 1. The fourth-order valence-electron chi connectivity index (χ4n) is 2.84. The van der Waals surface area contributed by atoms with E-state index >= 15 is 0 Å². The number of phenolic OH excluding ortho intramolecular Hbond substituents is 1. The van der Waals surface area contributed by atoms with Crippen LogP contribution < -0.4 is 5.43 Å². The molecule has 1 aliphatic heterocycles. The van der Waals surface area contributed by atoms with E-state index in [1.807, 2.05) is 17.5 Å². The first-order chi connectivity index (χ1) is 13.9. The Balaban J connectivity index is 1.51. The molecule has 0 saturated heterocycles. The number of nitrogens with one attached hydrogen (secondary N) is 2. The second-order valence-electron chi connectivity index (χ2n) is 6.29. The zero-order valence-corrected chi connectivity index (χ0v) is 16.5. The molecule has 146 valence electrons. The topological polar surface area (TPSA) is 110 Å². The lowest BCUT2D eigenvalue weighted by Crippen LogP contribution is -2.43. The number of thiazole rings is 1. The van der Waals surface area contributed by atoms with Gasteiger partial charge in [-0.2, -0.15) is 0 Å². The second-order valence-corrected chi connectivity index (χ2v) is 7.58. The van der Waals surface area contributed by atoms with E-state index in [2.05, 4.69) is 10.4 Å². The van der Waals surface area contributed by atoms with Crippen molar-refractivity contribution in [3.8, 4) is 17.0 Å². The zero-order valence-electron chi connectivity index (χ0n) is 14.9. The van der Waals surface area contributed by atoms with Gasteiger partial charge in [0, 0.05) is 21.5 Å². The van der Waals surface area contributed by atoms with Crippen LogP contribution in [-0.2, 0) is 0 Å². The number of aromatic nitrogens is 1.